The Morgan fingerprint density at radius 2 is 1.80 bits per heavy atom. The van der Waals surface area contributed by atoms with Gasteiger partial charge in [-0.15, -0.1) is 0 Å². The van der Waals surface area contributed by atoms with Crippen molar-refractivity contribution in [1.82, 2.24) is 0 Å². The van der Waals surface area contributed by atoms with Crippen LogP contribution in [0.4, 0.5) is 0 Å². The second kappa shape index (κ2) is 9.50. The highest BCUT2D eigenvalue weighted by molar-refractivity contribution is 7.74. The molecule has 0 spiro atoms. The van der Waals surface area contributed by atoms with Crippen LogP contribution in [-0.2, 0) is 25.1 Å². The van der Waals surface area contributed by atoms with Gasteiger partial charge in [-0.25, -0.2) is 0 Å². The minimum Gasteiger partial charge on any atom is -0.497 e. The molecule has 136 valence electrons. The van der Waals surface area contributed by atoms with E-state index in [1.807, 2.05) is 43.3 Å². The molecule has 0 saturated heterocycles. The first-order valence-electron chi connectivity index (χ1n) is 7.99. The number of ether oxygens (including phenoxy) is 2. The van der Waals surface area contributed by atoms with Crippen molar-refractivity contribution in [3.63, 3.8) is 0 Å². The Morgan fingerprint density at radius 1 is 1.12 bits per heavy atom. The number of carbonyl (C=O) groups is 1. The molecule has 1 N–H and O–H groups in total. The van der Waals surface area contributed by atoms with Gasteiger partial charge in [0.2, 0.25) is 0 Å². The van der Waals surface area contributed by atoms with Crippen LogP contribution in [0, 0.1) is 0 Å². The van der Waals surface area contributed by atoms with Crippen molar-refractivity contribution >= 4 is 28.1 Å². The summed E-state index contributed by atoms with van der Waals surface area (Å²) in [6, 6.07) is 11.6. The van der Waals surface area contributed by atoms with E-state index in [1.165, 1.54) is 0 Å². The summed E-state index contributed by atoms with van der Waals surface area (Å²) in [5, 5.41) is 2.08. The van der Waals surface area contributed by atoms with Crippen LogP contribution >= 0.6 is 0 Å². The SMILES string of the molecule is COc1ccc2cc([C@H](C)C(=O)OCCCCOS(=O)O)ccc2c1. The monoisotopic (exact) mass is 366 g/mol. The molecule has 0 amide bonds. The maximum Gasteiger partial charge on any atom is 0.313 e. The van der Waals surface area contributed by atoms with E-state index in [1.54, 1.807) is 7.11 Å². The lowest BCUT2D eigenvalue weighted by Crippen LogP contribution is -2.14. The number of methoxy groups -OCH3 is 1. The number of hydrogen-bond donors (Lipinski definition) is 1. The Bertz CT molecular complexity index is 745. The zero-order chi connectivity index (χ0) is 18.2. The predicted octanol–water partition coefficient (Wildman–Crippen LogP) is 3.43. The van der Waals surface area contributed by atoms with Crippen molar-refractivity contribution in [2.24, 2.45) is 0 Å². The van der Waals surface area contributed by atoms with Crippen molar-refractivity contribution in [1.29, 1.82) is 0 Å². The maximum absolute atomic E-state index is 12.2. The number of esters is 1. The van der Waals surface area contributed by atoms with Crippen molar-refractivity contribution < 1.29 is 27.2 Å². The number of fused-ring (bicyclic) bond motifs is 1. The van der Waals surface area contributed by atoms with Crippen molar-refractivity contribution in [3.8, 4) is 5.75 Å². The van der Waals surface area contributed by atoms with Crippen LogP contribution in [0.2, 0.25) is 0 Å². The number of unbranched alkanes of at least 4 members (excludes halogenated alkanes) is 1. The lowest BCUT2D eigenvalue weighted by Gasteiger charge is -2.13. The van der Waals surface area contributed by atoms with Gasteiger partial charge in [-0.2, -0.15) is 4.21 Å². The van der Waals surface area contributed by atoms with Crippen molar-refractivity contribution in [2.45, 2.75) is 25.7 Å². The summed E-state index contributed by atoms with van der Waals surface area (Å²) < 4.78 is 33.7. The molecule has 25 heavy (non-hydrogen) atoms. The van der Waals surface area contributed by atoms with Crippen LogP contribution in [-0.4, -0.2) is 35.1 Å². The summed E-state index contributed by atoms with van der Waals surface area (Å²) in [6.45, 7) is 2.23. The summed E-state index contributed by atoms with van der Waals surface area (Å²) >= 11 is -2.24. The van der Waals surface area contributed by atoms with Gasteiger partial charge in [0, 0.05) is 0 Å². The normalized spacial score (nSPS) is 13.4. The summed E-state index contributed by atoms with van der Waals surface area (Å²) in [7, 11) is 1.63. The van der Waals surface area contributed by atoms with E-state index < -0.39 is 11.4 Å². The van der Waals surface area contributed by atoms with Gasteiger partial charge in [-0.1, -0.05) is 24.3 Å². The molecule has 0 aliphatic heterocycles. The van der Waals surface area contributed by atoms with Gasteiger partial charge in [0.05, 0.1) is 26.2 Å². The molecule has 0 aromatic heterocycles. The molecule has 0 heterocycles. The Hall–Kier alpha value is -1.96. The lowest BCUT2D eigenvalue weighted by molar-refractivity contribution is -0.145. The minimum absolute atomic E-state index is 0.157. The molecule has 0 aliphatic rings. The predicted molar refractivity (Wildman–Crippen MR) is 95.8 cm³/mol. The largest absolute Gasteiger partial charge is 0.497 e. The van der Waals surface area contributed by atoms with Gasteiger partial charge in [0.25, 0.3) is 0 Å². The molecule has 6 nitrogen and oxygen atoms in total. The Labute approximate surface area is 149 Å². The molecule has 7 heteroatoms. The third-order valence-electron chi connectivity index (χ3n) is 3.89. The number of hydrogen-bond acceptors (Lipinski definition) is 5. The molecular formula is C18H22O6S. The molecule has 2 aromatic carbocycles. The van der Waals surface area contributed by atoms with Gasteiger partial charge in [0.1, 0.15) is 5.75 Å². The second-order valence-electron chi connectivity index (χ2n) is 5.61. The average molecular weight is 366 g/mol. The fourth-order valence-electron chi connectivity index (χ4n) is 2.41. The molecule has 2 atom stereocenters. The summed E-state index contributed by atoms with van der Waals surface area (Å²) in [4.78, 5) is 12.2. The van der Waals surface area contributed by atoms with E-state index in [4.69, 9.17) is 14.0 Å². The fourth-order valence-corrected chi connectivity index (χ4v) is 2.67. The minimum atomic E-state index is -2.24. The topological polar surface area (TPSA) is 82.1 Å². The van der Waals surface area contributed by atoms with Crippen LogP contribution in [0.1, 0.15) is 31.2 Å². The third kappa shape index (κ3) is 5.81. The number of benzene rings is 2. The third-order valence-corrected chi connectivity index (χ3v) is 4.26. The van der Waals surface area contributed by atoms with Gasteiger partial charge >= 0.3 is 17.3 Å². The summed E-state index contributed by atoms with van der Waals surface area (Å²) in [5.41, 5.74) is 0.890. The lowest BCUT2D eigenvalue weighted by atomic mass is 9.98. The van der Waals surface area contributed by atoms with E-state index in [2.05, 4.69) is 4.18 Å². The molecule has 0 radical (unpaired) electrons. The fraction of sp³-hybridized carbons (Fsp3) is 0.389. The first-order valence-corrected chi connectivity index (χ1v) is 9.03. The van der Waals surface area contributed by atoms with E-state index in [0.717, 1.165) is 22.1 Å². The molecule has 1 unspecified atom stereocenters. The van der Waals surface area contributed by atoms with Crippen molar-refractivity contribution in [2.75, 3.05) is 20.3 Å². The van der Waals surface area contributed by atoms with E-state index in [0.29, 0.717) is 12.8 Å². The first-order chi connectivity index (χ1) is 12.0. The average Bonchev–Trinajstić information content (AvgIpc) is 2.62. The Balaban J connectivity index is 1.88. The standard InChI is InChI=1S/C18H22O6S/c1-13(18(19)23-9-3-4-10-24-25(20)21)14-5-6-16-12-17(22-2)8-7-15(16)11-14/h5-8,11-13H,3-4,9-10H2,1-2H3,(H,20,21)/t13-/m0/s1. The molecular weight excluding hydrogens is 344 g/mol. The van der Waals surface area contributed by atoms with Gasteiger partial charge in [0.15, 0.2) is 0 Å². The van der Waals surface area contributed by atoms with Crippen LogP contribution in [0.15, 0.2) is 36.4 Å². The number of rotatable bonds is 9. The van der Waals surface area contributed by atoms with Crippen LogP contribution in [0.5, 0.6) is 5.75 Å². The van der Waals surface area contributed by atoms with E-state index >= 15 is 0 Å². The summed E-state index contributed by atoms with van der Waals surface area (Å²) in [6.07, 6.45) is 1.12. The van der Waals surface area contributed by atoms with E-state index in [-0.39, 0.29) is 25.1 Å². The molecule has 0 fully saturated rings. The quantitative estimate of drug-likeness (QED) is 0.416. The second-order valence-corrected chi connectivity index (χ2v) is 6.28. The highest BCUT2D eigenvalue weighted by Crippen LogP contribution is 2.25. The van der Waals surface area contributed by atoms with Crippen molar-refractivity contribution in [3.05, 3.63) is 42.0 Å². The van der Waals surface area contributed by atoms with Crippen LogP contribution in [0.3, 0.4) is 0 Å². The van der Waals surface area contributed by atoms with Crippen LogP contribution < -0.4 is 4.74 Å². The highest BCUT2D eigenvalue weighted by Gasteiger charge is 2.17. The van der Waals surface area contributed by atoms with Gasteiger partial charge in [-0.3, -0.25) is 13.5 Å². The highest BCUT2D eigenvalue weighted by atomic mass is 32.2. The number of carbonyl (C=O) groups excluding carboxylic acids is 1. The Kier molecular flexibility index (Phi) is 7.36. The van der Waals surface area contributed by atoms with Gasteiger partial charge < -0.3 is 9.47 Å². The Morgan fingerprint density at radius 3 is 2.52 bits per heavy atom. The first kappa shape index (κ1) is 19.4. The van der Waals surface area contributed by atoms with Crippen LogP contribution in [0.25, 0.3) is 10.8 Å². The molecule has 2 rings (SSSR count). The maximum atomic E-state index is 12.2. The summed E-state index contributed by atoms with van der Waals surface area (Å²) in [5.74, 6) is 0.133. The zero-order valence-electron chi connectivity index (χ0n) is 14.3. The molecule has 0 aliphatic carbocycles. The molecule has 0 saturated carbocycles. The zero-order valence-corrected chi connectivity index (χ0v) is 15.1. The molecule has 0 bridgehead atoms. The smallest absolute Gasteiger partial charge is 0.313 e. The molecule has 2 aromatic rings. The van der Waals surface area contributed by atoms with Gasteiger partial charge in [-0.05, 0) is 48.2 Å². The van der Waals surface area contributed by atoms with E-state index in [9.17, 15) is 9.00 Å².